The van der Waals surface area contributed by atoms with Gasteiger partial charge in [0.1, 0.15) is 0 Å². The van der Waals surface area contributed by atoms with Gasteiger partial charge in [0.25, 0.3) is 0 Å². The van der Waals surface area contributed by atoms with E-state index in [2.05, 4.69) is 42.2 Å². The third kappa shape index (κ3) is 4.02. The first-order valence-corrected chi connectivity index (χ1v) is 6.99. The molecule has 0 amide bonds. The van der Waals surface area contributed by atoms with Gasteiger partial charge in [0.2, 0.25) is 0 Å². The van der Waals surface area contributed by atoms with Crippen molar-refractivity contribution in [3.05, 3.63) is 26.9 Å². The van der Waals surface area contributed by atoms with Crippen molar-refractivity contribution in [1.29, 1.82) is 0 Å². The fourth-order valence-corrected chi connectivity index (χ4v) is 2.22. The van der Waals surface area contributed by atoms with Crippen LogP contribution in [0.4, 0.5) is 0 Å². The van der Waals surface area contributed by atoms with Gasteiger partial charge >= 0.3 is 0 Å². The summed E-state index contributed by atoms with van der Waals surface area (Å²) in [6.45, 7) is 8.14. The van der Waals surface area contributed by atoms with Gasteiger partial charge in [0, 0.05) is 27.2 Å². The molecule has 3 nitrogen and oxygen atoms in total. The number of nitrogens with zero attached hydrogens (tertiary/aromatic N) is 1. The van der Waals surface area contributed by atoms with Gasteiger partial charge in [0.05, 0.1) is 11.3 Å². The second kappa shape index (κ2) is 5.34. The van der Waals surface area contributed by atoms with Crippen LogP contribution >= 0.6 is 31.9 Å². The Morgan fingerprint density at radius 3 is 2.35 bits per heavy atom. The predicted octanol–water partition coefficient (Wildman–Crippen LogP) is 3.25. The maximum Gasteiger partial charge on any atom is 0.0767 e. The zero-order chi connectivity index (χ0) is 13.3. The summed E-state index contributed by atoms with van der Waals surface area (Å²) in [5.74, 6) is 0. The Bertz CT molecular complexity index is 400. The topological polar surface area (TPSA) is 45.1 Å². The molecular formula is C12H18Br2N2O. The lowest BCUT2D eigenvalue weighted by atomic mass is 9.86. The lowest BCUT2D eigenvalue weighted by molar-refractivity contribution is -0.00548. The fraction of sp³-hybridized carbons (Fsp3) is 0.583. The molecule has 0 aromatic carbocycles. The molecule has 0 saturated heterocycles. The van der Waals surface area contributed by atoms with Crippen LogP contribution in [0.1, 0.15) is 33.4 Å². The number of hydrogen-bond acceptors (Lipinski definition) is 3. The van der Waals surface area contributed by atoms with Gasteiger partial charge in [0.15, 0.2) is 0 Å². The highest BCUT2D eigenvalue weighted by Gasteiger charge is 2.34. The second-order valence-electron chi connectivity index (χ2n) is 5.12. The third-order valence-corrected chi connectivity index (χ3v) is 4.23. The fourth-order valence-electron chi connectivity index (χ4n) is 1.09. The Balaban J connectivity index is 2.74. The largest absolute Gasteiger partial charge is 0.389 e. The summed E-state index contributed by atoms with van der Waals surface area (Å²) in [6, 6.07) is 1.96. The van der Waals surface area contributed by atoms with E-state index in [1.807, 2.05) is 19.9 Å². The van der Waals surface area contributed by atoms with Crippen molar-refractivity contribution in [2.24, 2.45) is 0 Å². The molecule has 1 heterocycles. The molecule has 0 aliphatic heterocycles. The van der Waals surface area contributed by atoms with Crippen molar-refractivity contribution >= 4 is 31.9 Å². The number of rotatable bonds is 4. The van der Waals surface area contributed by atoms with Crippen LogP contribution < -0.4 is 5.32 Å². The standard InChI is InChI=1S/C12H18Br2N2O/c1-11(2,12(3,4)17)16-7-10-9(14)5-8(13)6-15-10/h5-6,16-17H,7H2,1-4H3. The van der Waals surface area contributed by atoms with Crippen LogP contribution in [0.3, 0.4) is 0 Å². The van der Waals surface area contributed by atoms with E-state index in [0.29, 0.717) is 6.54 Å². The average molecular weight is 366 g/mol. The maximum atomic E-state index is 10.0. The minimum atomic E-state index is -0.797. The SMILES string of the molecule is CC(C)(O)C(C)(C)NCc1ncc(Br)cc1Br. The number of pyridine rings is 1. The molecule has 96 valence electrons. The number of aliphatic hydroxyl groups is 1. The van der Waals surface area contributed by atoms with Crippen LogP contribution in [-0.2, 0) is 6.54 Å². The van der Waals surface area contributed by atoms with Crippen molar-refractivity contribution in [2.45, 2.75) is 45.4 Å². The molecule has 0 unspecified atom stereocenters. The highest BCUT2D eigenvalue weighted by atomic mass is 79.9. The Kier molecular flexibility index (Phi) is 4.74. The summed E-state index contributed by atoms with van der Waals surface area (Å²) in [7, 11) is 0. The van der Waals surface area contributed by atoms with Gasteiger partial charge in [-0.15, -0.1) is 0 Å². The quantitative estimate of drug-likeness (QED) is 0.860. The molecule has 1 aromatic rings. The zero-order valence-corrected chi connectivity index (χ0v) is 13.7. The van der Waals surface area contributed by atoms with E-state index in [0.717, 1.165) is 14.6 Å². The molecule has 0 saturated carbocycles. The van der Waals surface area contributed by atoms with E-state index in [-0.39, 0.29) is 5.54 Å². The highest BCUT2D eigenvalue weighted by molar-refractivity contribution is 9.11. The summed E-state index contributed by atoms with van der Waals surface area (Å²) in [6.07, 6.45) is 1.76. The van der Waals surface area contributed by atoms with Crippen LogP contribution in [0.5, 0.6) is 0 Å². The van der Waals surface area contributed by atoms with E-state index in [1.165, 1.54) is 0 Å². The lowest BCUT2D eigenvalue weighted by Gasteiger charge is -2.38. The van der Waals surface area contributed by atoms with Crippen molar-refractivity contribution in [3.63, 3.8) is 0 Å². The van der Waals surface area contributed by atoms with Gasteiger partial charge in [-0.25, -0.2) is 0 Å². The molecule has 0 aliphatic carbocycles. The van der Waals surface area contributed by atoms with E-state index < -0.39 is 5.60 Å². The summed E-state index contributed by atoms with van der Waals surface area (Å²) in [5.41, 5.74) is -0.263. The molecule has 2 N–H and O–H groups in total. The monoisotopic (exact) mass is 364 g/mol. The van der Waals surface area contributed by atoms with Crippen LogP contribution in [0.15, 0.2) is 21.2 Å². The van der Waals surface area contributed by atoms with Crippen molar-refractivity contribution in [3.8, 4) is 0 Å². The third-order valence-electron chi connectivity index (χ3n) is 3.11. The zero-order valence-electron chi connectivity index (χ0n) is 10.5. The molecule has 5 heteroatoms. The number of nitrogens with one attached hydrogen (secondary N) is 1. The maximum absolute atomic E-state index is 10.0. The lowest BCUT2D eigenvalue weighted by Crippen LogP contribution is -2.55. The van der Waals surface area contributed by atoms with E-state index in [1.54, 1.807) is 20.0 Å². The first kappa shape index (κ1) is 15.1. The van der Waals surface area contributed by atoms with E-state index >= 15 is 0 Å². The first-order valence-electron chi connectivity index (χ1n) is 5.41. The molecule has 0 aliphatic rings. The van der Waals surface area contributed by atoms with Gasteiger partial charge < -0.3 is 10.4 Å². The average Bonchev–Trinajstić information content (AvgIpc) is 2.14. The normalized spacial score (nSPS) is 12.9. The Labute approximate surface area is 119 Å². The molecule has 1 aromatic heterocycles. The number of aromatic nitrogens is 1. The summed E-state index contributed by atoms with van der Waals surface area (Å²) in [4.78, 5) is 4.33. The van der Waals surface area contributed by atoms with Crippen LogP contribution in [-0.4, -0.2) is 21.2 Å². The predicted molar refractivity (Wildman–Crippen MR) is 76.9 cm³/mol. The minimum Gasteiger partial charge on any atom is -0.389 e. The minimum absolute atomic E-state index is 0.388. The second-order valence-corrected chi connectivity index (χ2v) is 6.89. The van der Waals surface area contributed by atoms with Crippen LogP contribution in [0.25, 0.3) is 0 Å². The number of hydrogen-bond donors (Lipinski definition) is 2. The van der Waals surface area contributed by atoms with Gasteiger partial charge in [-0.3, -0.25) is 4.98 Å². The van der Waals surface area contributed by atoms with E-state index in [4.69, 9.17) is 0 Å². The van der Waals surface area contributed by atoms with Gasteiger partial charge in [-0.1, -0.05) is 0 Å². The molecule has 0 fully saturated rings. The molecule has 0 radical (unpaired) electrons. The molecule has 17 heavy (non-hydrogen) atoms. The van der Waals surface area contributed by atoms with Gasteiger partial charge in [-0.2, -0.15) is 0 Å². The highest BCUT2D eigenvalue weighted by Crippen LogP contribution is 2.23. The summed E-state index contributed by atoms with van der Waals surface area (Å²) in [5, 5.41) is 13.4. The Morgan fingerprint density at radius 1 is 1.29 bits per heavy atom. The summed E-state index contributed by atoms with van der Waals surface area (Å²) >= 11 is 6.84. The smallest absolute Gasteiger partial charge is 0.0767 e. The first-order chi connectivity index (χ1) is 7.63. The Hall–Kier alpha value is 0.0300. The number of halogens is 2. The van der Waals surface area contributed by atoms with Gasteiger partial charge in [-0.05, 0) is 65.6 Å². The molecule has 0 bridgehead atoms. The van der Waals surface area contributed by atoms with Crippen LogP contribution in [0.2, 0.25) is 0 Å². The molecule has 1 rings (SSSR count). The van der Waals surface area contributed by atoms with Crippen molar-refractivity contribution in [1.82, 2.24) is 10.3 Å². The summed E-state index contributed by atoms with van der Waals surface area (Å²) < 4.78 is 1.89. The molecule has 0 atom stereocenters. The van der Waals surface area contributed by atoms with E-state index in [9.17, 15) is 5.11 Å². The molecule has 0 spiro atoms. The Morgan fingerprint density at radius 2 is 1.88 bits per heavy atom. The molecular weight excluding hydrogens is 348 g/mol. The van der Waals surface area contributed by atoms with Crippen molar-refractivity contribution in [2.75, 3.05) is 0 Å². The van der Waals surface area contributed by atoms with Crippen LogP contribution in [0, 0.1) is 0 Å². The van der Waals surface area contributed by atoms with Crippen molar-refractivity contribution < 1.29 is 5.11 Å².